The third-order valence-corrected chi connectivity index (χ3v) is 4.75. The van der Waals surface area contributed by atoms with E-state index in [4.69, 9.17) is 0 Å². The summed E-state index contributed by atoms with van der Waals surface area (Å²) in [6.07, 6.45) is 2.80. The zero-order valence-corrected chi connectivity index (χ0v) is 15.8. The molecule has 3 rings (SSSR count). The molecule has 0 saturated carbocycles. The van der Waals surface area contributed by atoms with Gasteiger partial charge in [0.05, 0.1) is 6.04 Å². The predicted molar refractivity (Wildman–Crippen MR) is 108 cm³/mol. The van der Waals surface area contributed by atoms with Crippen LogP contribution < -0.4 is 5.32 Å². The Morgan fingerprint density at radius 1 is 1.12 bits per heavy atom. The standard InChI is InChI=1S/C22H27N3O/c1-4-16-11-8-12-18-19(15-24-20(16)18)22(26)21(23-13-14-25(2)3)17-9-6-5-7-10-17/h5-12,15,21,23-24H,4,13-14H2,1-3H3. The molecule has 0 spiro atoms. The molecule has 4 nitrogen and oxygen atoms in total. The van der Waals surface area contributed by atoms with Gasteiger partial charge in [-0.25, -0.2) is 0 Å². The smallest absolute Gasteiger partial charge is 0.186 e. The number of H-pyrrole nitrogens is 1. The highest BCUT2D eigenvalue weighted by Crippen LogP contribution is 2.26. The minimum atomic E-state index is -0.347. The van der Waals surface area contributed by atoms with Crippen molar-refractivity contribution in [2.24, 2.45) is 0 Å². The number of hydrogen-bond acceptors (Lipinski definition) is 3. The van der Waals surface area contributed by atoms with Gasteiger partial charge in [-0.2, -0.15) is 0 Å². The van der Waals surface area contributed by atoms with Crippen LogP contribution in [0.2, 0.25) is 0 Å². The van der Waals surface area contributed by atoms with Crippen LogP contribution in [0, 0.1) is 0 Å². The fourth-order valence-electron chi connectivity index (χ4n) is 3.31. The fraction of sp³-hybridized carbons (Fsp3) is 0.318. The molecular formula is C22H27N3O. The van der Waals surface area contributed by atoms with E-state index in [0.717, 1.165) is 41.5 Å². The number of nitrogens with one attached hydrogen (secondary N) is 2. The molecule has 2 N–H and O–H groups in total. The second-order valence-corrected chi connectivity index (χ2v) is 6.86. The first-order valence-electron chi connectivity index (χ1n) is 9.18. The second-order valence-electron chi connectivity index (χ2n) is 6.86. The number of rotatable bonds is 8. The number of likely N-dealkylation sites (N-methyl/N-ethyl adjacent to an activating group) is 1. The molecule has 1 unspecified atom stereocenters. The van der Waals surface area contributed by atoms with Gasteiger partial charge < -0.3 is 15.2 Å². The van der Waals surface area contributed by atoms with Crippen LogP contribution in [-0.4, -0.2) is 42.9 Å². The summed E-state index contributed by atoms with van der Waals surface area (Å²) < 4.78 is 0. The van der Waals surface area contributed by atoms with Gasteiger partial charge in [0.1, 0.15) is 0 Å². The summed E-state index contributed by atoms with van der Waals surface area (Å²) in [5, 5.41) is 4.45. The molecule has 0 aliphatic heterocycles. The SMILES string of the molecule is CCc1cccc2c(C(=O)C(NCCN(C)C)c3ccccc3)c[nH]c12. The molecule has 0 saturated heterocycles. The van der Waals surface area contributed by atoms with E-state index in [0.29, 0.717) is 0 Å². The van der Waals surface area contributed by atoms with Crippen molar-refractivity contribution < 1.29 is 4.79 Å². The van der Waals surface area contributed by atoms with Crippen molar-refractivity contribution in [3.63, 3.8) is 0 Å². The molecule has 0 amide bonds. The number of para-hydroxylation sites is 1. The Balaban J connectivity index is 1.95. The summed E-state index contributed by atoms with van der Waals surface area (Å²) >= 11 is 0. The van der Waals surface area contributed by atoms with Crippen LogP contribution in [0.15, 0.2) is 54.7 Å². The molecule has 0 radical (unpaired) electrons. The normalized spacial score (nSPS) is 12.6. The highest BCUT2D eigenvalue weighted by molar-refractivity contribution is 6.11. The van der Waals surface area contributed by atoms with Crippen LogP contribution in [0.3, 0.4) is 0 Å². The highest BCUT2D eigenvalue weighted by atomic mass is 16.1. The fourth-order valence-corrected chi connectivity index (χ4v) is 3.31. The van der Waals surface area contributed by atoms with Crippen molar-refractivity contribution >= 4 is 16.7 Å². The van der Waals surface area contributed by atoms with Crippen molar-refractivity contribution in [1.29, 1.82) is 0 Å². The van der Waals surface area contributed by atoms with Gasteiger partial charge in [0.15, 0.2) is 5.78 Å². The molecule has 1 aromatic heterocycles. The maximum Gasteiger partial charge on any atom is 0.186 e. The Kier molecular flexibility index (Phi) is 5.86. The Hall–Kier alpha value is -2.43. The lowest BCUT2D eigenvalue weighted by Gasteiger charge is -2.19. The van der Waals surface area contributed by atoms with Gasteiger partial charge in [-0.3, -0.25) is 4.79 Å². The first-order valence-corrected chi connectivity index (χ1v) is 9.18. The largest absolute Gasteiger partial charge is 0.360 e. The monoisotopic (exact) mass is 349 g/mol. The molecule has 26 heavy (non-hydrogen) atoms. The first-order chi connectivity index (χ1) is 12.6. The first kappa shape index (κ1) is 18.4. The third kappa shape index (κ3) is 3.87. The number of nitrogens with zero attached hydrogens (tertiary/aromatic N) is 1. The summed E-state index contributed by atoms with van der Waals surface area (Å²) in [5.41, 5.74) is 4.05. The molecule has 4 heteroatoms. The lowest BCUT2D eigenvalue weighted by atomic mass is 9.96. The van der Waals surface area contributed by atoms with E-state index in [1.54, 1.807) is 0 Å². The molecule has 0 bridgehead atoms. The third-order valence-electron chi connectivity index (χ3n) is 4.75. The minimum absolute atomic E-state index is 0.106. The quantitative estimate of drug-likeness (QED) is 0.608. The van der Waals surface area contributed by atoms with E-state index in [1.165, 1.54) is 5.56 Å². The molecular weight excluding hydrogens is 322 g/mol. The number of carbonyl (C=O) groups is 1. The van der Waals surface area contributed by atoms with Crippen molar-refractivity contribution in [2.45, 2.75) is 19.4 Å². The van der Waals surface area contributed by atoms with Gasteiger partial charge in [0.2, 0.25) is 0 Å². The molecule has 1 atom stereocenters. The van der Waals surface area contributed by atoms with Crippen LogP contribution in [-0.2, 0) is 6.42 Å². The average Bonchev–Trinajstić information content (AvgIpc) is 3.09. The van der Waals surface area contributed by atoms with E-state index in [-0.39, 0.29) is 11.8 Å². The lowest BCUT2D eigenvalue weighted by molar-refractivity contribution is 0.0943. The van der Waals surface area contributed by atoms with Crippen LogP contribution in [0.4, 0.5) is 0 Å². The van der Waals surface area contributed by atoms with Gasteiger partial charge >= 0.3 is 0 Å². The summed E-state index contributed by atoms with van der Waals surface area (Å²) in [5.74, 6) is 0.106. The maximum absolute atomic E-state index is 13.4. The number of aryl methyl sites for hydroxylation is 1. The van der Waals surface area contributed by atoms with Crippen LogP contribution >= 0.6 is 0 Å². The van der Waals surface area contributed by atoms with E-state index in [2.05, 4.69) is 28.2 Å². The number of Topliss-reactive ketones (excluding diaryl/α,β-unsaturated/α-hetero) is 1. The molecule has 0 aliphatic carbocycles. The molecule has 2 aromatic carbocycles. The molecule has 136 valence electrons. The Morgan fingerprint density at radius 2 is 1.88 bits per heavy atom. The number of carbonyl (C=O) groups excluding carboxylic acids is 1. The van der Waals surface area contributed by atoms with Crippen molar-refractivity contribution in [1.82, 2.24) is 15.2 Å². The summed E-state index contributed by atoms with van der Waals surface area (Å²) in [6, 6.07) is 15.8. The number of aromatic amines is 1. The van der Waals surface area contributed by atoms with Crippen LogP contribution in [0.25, 0.3) is 10.9 Å². The molecule has 0 aliphatic rings. The topological polar surface area (TPSA) is 48.1 Å². The molecule has 0 fully saturated rings. The predicted octanol–water partition coefficient (Wildman–Crippen LogP) is 3.81. The van der Waals surface area contributed by atoms with Gasteiger partial charge in [-0.05, 0) is 31.6 Å². The zero-order valence-electron chi connectivity index (χ0n) is 15.8. The van der Waals surface area contributed by atoms with Crippen molar-refractivity contribution in [3.05, 3.63) is 71.4 Å². The second kappa shape index (κ2) is 8.30. The number of fused-ring (bicyclic) bond motifs is 1. The maximum atomic E-state index is 13.4. The Bertz CT molecular complexity index is 867. The Labute approximate surface area is 155 Å². The lowest BCUT2D eigenvalue weighted by Crippen LogP contribution is -2.34. The number of aromatic nitrogens is 1. The minimum Gasteiger partial charge on any atom is -0.360 e. The van der Waals surface area contributed by atoms with Gasteiger partial charge in [-0.15, -0.1) is 0 Å². The number of ketones is 1. The average molecular weight is 349 g/mol. The molecule has 1 heterocycles. The summed E-state index contributed by atoms with van der Waals surface area (Å²) in [6.45, 7) is 3.76. The van der Waals surface area contributed by atoms with E-state index in [9.17, 15) is 4.79 Å². The summed E-state index contributed by atoms with van der Waals surface area (Å²) in [7, 11) is 4.07. The zero-order chi connectivity index (χ0) is 18.5. The van der Waals surface area contributed by atoms with E-state index in [1.807, 2.05) is 62.8 Å². The number of hydrogen-bond donors (Lipinski definition) is 2. The van der Waals surface area contributed by atoms with Gasteiger partial charge in [0, 0.05) is 35.8 Å². The van der Waals surface area contributed by atoms with Crippen LogP contribution in [0.5, 0.6) is 0 Å². The number of benzene rings is 2. The Morgan fingerprint density at radius 3 is 2.58 bits per heavy atom. The van der Waals surface area contributed by atoms with Crippen molar-refractivity contribution in [3.8, 4) is 0 Å². The molecule has 3 aromatic rings. The van der Waals surface area contributed by atoms with E-state index >= 15 is 0 Å². The van der Waals surface area contributed by atoms with Crippen molar-refractivity contribution in [2.75, 3.05) is 27.2 Å². The van der Waals surface area contributed by atoms with Crippen LogP contribution in [0.1, 0.15) is 34.5 Å². The summed E-state index contributed by atoms with van der Waals surface area (Å²) in [4.78, 5) is 18.8. The highest BCUT2D eigenvalue weighted by Gasteiger charge is 2.24. The van der Waals surface area contributed by atoms with Gasteiger partial charge in [0.25, 0.3) is 0 Å². The van der Waals surface area contributed by atoms with Gasteiger partial charge in [-0.1, -0.05) is 55.5 Å². The van der Waals surface area contributed by atoms with E-state index < -0.39 is 0 Å².